The molecule has 3 fully saturated rings. The lowest BCUT2D eigenvalue weighted by molar-refractivity contribution is -0.218. The minimum atomic E-state index is -0.781. The summed E-state index contributed by atoms with van der Waals surface area (Å²) in [4.78, 5) is 14.9. The van der Waals surface area contributed by atoms with Gasteiger partial charge in [-0.2, -0.15) is 0 Å². The second-order valence-electron chi connectivity index (χ2n) is 7.11. The number of carbonyl (C=O) groups is 1. The molecule has 8 nitrogen and oxygen atoms in total. The molecule has 3 aliphatic heterocycles. The van der Waals surface area contributed by atoms with Crippen LogP contribution in [0.5, 0.6) is 0 Å². The van der Waals surface area contributed by atoms with E-state index in [0.717, 1.165) is 11.6 Å². The molecule has 1 N–H and O–H groups in total. The molecule has 0 aliphatic carbocycles. The van der Waals surface area contributed by atoms with Crippen molar-refractivity contribution in [3.8, 4) is 0 Å². The van der Waals surface area contributed by atoms with Crippen molar-refractivity contribution in [2.75, 3.05) is 38.7 Å². The quantitative estimate of drug-likeness (QED) is 0.747. The molecule has 4 atom stereocenters. The fraction of sp³-hybridized carbons (Fsp3) is 0.812. The normalized spacial score (nSPS) is 35.1. The molecule has 0 bridgehead atoms. The lowest BCUT2D eigenvalue weighted by Crippen LogP contribution is -2.69. The van der Waals surface area contributed by atoms with Crippen molar-refractivity contribution in [1.29, 1.82) is 0 Å². The van der Waals surface area contributed by atoms with Crippen LogP contribution in [0.2, 0.25) is 0 Å². The minimum Gasteiger partial charge on any atom is -0.389 e. The van der Waals surface area contributed by atoms with Crippen molar-refractivity contribution in [2.45, 2.75) is 29.6 Å². The highest BCUT2D eigenvalue weighted by molar-refractivity contribution is 7.99. The monoisotopic (exact) mass is 368 g/mol. The summed E-state index contributed by atoms with van der Waals surface area (Å²) in [5.74, 6) is 0.320. The third-order valence-electron chi connectivity index (χ3n) is 5.77. The van der Waals surface area contributed by atoms with Crippen LogP contribution in [0.4, 0.5) is 0 Å². The average molecular weight is 368 g/mol. The summed E-state index contributed by atoms with van der Waals surface area (Å²) in [6.07, 6.45) is 3.03. The van der Waals surface area contributed by atoms with Gasteiger partial charge in [-0.1, -0.05) is 11.8 Å². The van der Waals surface area contributed by atoms with Crippen molar-refractivity contribution in [1.82, 2.24) is 19.7 Å². The smallest absolute Gasteiger partial charge is 0.233 e. The molecule has 0 saturated carbocycles. The van der Waals surface area contributed by atoms with Gasteiger partial charge in [0, 0.05) is 51.1 Å². The average Bonchev–Trinajstić information content (AvgIpc) is 3.04. The number of hydrogen-bond acceptors (Lipinski definition) is 7. The zero-order valence-electron chi connectivity index (χ0n) is 14.3. The molecule has 3 saturated heterocycles. The first kappa shape index (κ1) is 17.3. The predicted molar refractivity (Wildman–Crippen MR) is 90.0 cm³/mol. The number of ether oxygens (including phenoxy) is 2. The number of aryl methyl sites for hydroxylation is 1. The number of fused-ring (bicyclic) bond motifs is 3. The van der Waals surface area contributed by atoms with E-state index in [1.165, 1.54) is 11.8 Å². The highest BCUT2D eigenvalue weighted by Gasteiger charge is 2.56. The number of hydrogen-bond donors (Lipinski definition) is 1. The maximum absolute atomic E-state index is 12.9. The molecular formula is C16H24N4O4S. The molecule has 9 heteroatoms. The number of rotatable bonds is 3. The highest BCUT2D eigenvalue weighted by atomic mass is 32.2. The molecule has 0 unspecified atom stereocenters. The van der Waals surface area contributed by atoms with Crippen molar-refractivity contribution >= 4 is 17.7 Å². The summed E-state index contributed by atoms with van der Waals surface area (Å²) >= 11 is 1.40. The summed E-state index contributed by atoms with van der Waals surface area (Å²) in [6.45, 7) is 2.78. The number of amides is 1. The SMILES string of the molecule is Cn1cnnc1SCC(=O)N1C[C@@H]2COCC[C@]2(O)[C@H]2COCC[C@H]21. The molecule has 4 rings (SSSR count). The van der Waals surface area contributed by atoms with Crippen LogP contribution in [0.3, 0.4) is 0 Å². The van der Waals surface area contributed by atoms with Crippen LogP contribution >= 0.6 is 11.8 Å². The van der Waals surface area contributed by atoms with Gasteiger partial charge in [0.15, 0.2) is 5.16 Å². The number of aromatic nitrogens is 3. The molecule has 1 amide bonds. The van der Waals surface area contributed by atoms with Gasteiger partial charge in [0.1, 0.15) is 6.33 Å². The molecule has 0 radical (unpaired) electrons. The van der Waals surface area contributed by atoms with Gasteiger partial charge in [-0.25, -0.2) is 0 Å². The highest BCUT2D eigenvalue weighted by Crippen LogP contribution is 2.44. The first-order valence-electron chi connectivity index (χ1n) is 8.73. The first-order chi connectivity index (χ1) is 12.1. The molecule has 1 aromatic heterocycles. The van der Waals surface area contributed by atoms with Gasteiger partial charge in [0.2, 0.25) is 5.91 Å². The molecule has 3 aliphatic rings. The number of nitrogens with zero attached hydrogens (tertiary/aromatic N) is 4. The van der Waals surface area contributed by atoms with Gasteiger partial charge in [-0.15, -0.1) is 10.2 Å². The molecule has 4 heterocycles. The summed E-state index contributed by atoms with van der Waals surface area (Å²) in [7, 11) is 1.86. The second kappa shape index (κ2) is 6.86. The van der Waals surface area contributed by atoms with E-state index in [1.54, 1.807) is 10.9 Å². The summed E-state index contributed by atoms with van der Waals surface area (Å²) in [6, 6.07) is 0.0423. The molecular weight excluding hydrogens is 344 g/mol. The van der Waals surface area contributed by atoms with E-state index in [1.807, 2.05) is 11.9 Å². The number of likely N-dealkylation sites (tertiary alicyclic amines) is 1. The standard InChI is InChI=1S/C16H24N4O4S/c1-19-10-17-18-15(19)25-9-14(21)20-6-11-7-24-5-3-16(11,22)12-8-23-4-2-13(12)20/h10-13,22H,2-9H2,1H3/t11-,12+,13-,16-/m1/s1. The van der Waals surface area contributed by atoms with E-state index in [2.05, 4.69) is 10.2 Å². The van der Waals surface area contributed by atoms with Gasteiger partial charge in [-0.3, -0.25) is 4.79 Å². The number of carbonyl (C=O) groups excluding carboxylic acids is 1. The summed E-state index contributed by atoms with van der Waals surface area (Å²) in [5, 5.41) is 19.9. The fourth-order valence-electron chi connectivity index (χ4n) is 4.36. The molecule has 0 aromatic carbocycles. The van der Waals surface area contributed by atoms with Crippen molar-refractivity contribution in [3.63, 3.8) is 0 Å². The Kier molecular flexibility index (Phi) is 4.74. The maximum Gasteiger partial charge on any atom is 0.233 e. The third kappa shape index (κ3) is 3.07. The van der Waals surface area contributed by atoms with Crippen LogP contribution in [0.25, 0.3) is 0 Å². The summed E-state index contributed by atoms with van der Waals surface area (Å²) in [5.41, 5.74) is -0.781. The third-order valence-corrected chi connectivity index (χ3v) is 6.79. The van der Waals surface area contributed by atoms with E-state index in [-0.39, 0.29) is 23.8 Å². The Labute approximate surface area is 150 Å². The van der Waals surface area contributed by atoms with Gasteiger partial charge >= 0.3 is 0 Å². The van der Waals surface area contributed by atoms with E-state index in [9.17, 15) is 9.90 Å². The topological polar surface area (TPSA) is 89.7 Å². The van der Waals surface area contributed by atoms with Crippen molar-refractivity contribution in [2.24, 2.45) is 18.9 Å². The largest absolute Gasteiger partial charge is 0.389 e. The number of piperidine rings is 1. The fourth-order valence-corrected chi connectivity index (χ4v) is 5.13. The van der Waals surface area contributed by atoms with Gasteiger partial charge in [0.25, 0.3) is 0 Å². The maximum atomic E-state index is 12.9. The Hall–Kier alpha value is -1.16. The lowest BCUT2D eigenvalue weighted by Gasteiger charge is -2.57. The van der Waals surface area contributed by atoms with Crippen molar-refractivity contribution < 1.29 is 19.4 Å². The lowest BCUT2D eigenvalue weighted by atomic mass is 9.66. The van der Waals surface area contributed by atoms with E-state index < -0.39 is 5.60 Å². The van der Waals surface area contributed by atoms with Crippen LogP contribution in [-0.4, -0.2) is 81.0 Å². The van der Waals surface area contributed by atoms with Crippen LogP contribution in [0, 0.1) is 11.8 Å². The van der Waals surface area contributed by atoms with Crippen LogP contribution in [0.1, 0.15) is 12.8 Å². The number of thioether (sulfide) groups is 1. The predicted octanol–water partition coefficient (Wildman–Crippen LogP) is -0.0779. The van der Waals surface area contributed by atoms with E-state index in [4.69, 9.17) is 9.47 Å². The van der Waals surface area contributed by atoms with Crippen LogP contribution in [-0.2, 0) is 21.3 Å². The molecule has 138 valence electrons. The second-order valence-corrected chi connectivity index (χ2v) is 8.05. The molecule has 25 heavy (non-hydrogen) atoms. The zero-order chi connectivity index (χ0) is 17.4. The van der Waals surface area contributed by atoms with Crippen molar-refractivity contribution in [3.05, 3.63) is 6.33 Å². The van der Waals surface area contributed by atoms with E-state index >= 15 is 0 Å². The minimum absolute atomic E-state index is 0.0346. The van der Waals surface area contributed by atoms with Crippen LogP contribution < -0.4 is 0 Å². The van der Waals surface area contributed by atoms with Gasteiger partial charge < -0.3 is 24.0 Å². The molecule has 1 aromatic rings. The first-order valence-corrected chi connectivity index (χ1v) is 9.72. The Morgan fingerprint density at radius 3 is 3.08 bits per heavy atom. The molecule has 0 spiro atoms. The van der Waals surface area contributed by atoms with E-state index in [0.29, 0.717) is 45.1 Å². The van der Waals surface area contributed by atoms with Gasteiger partial charge in [-0.05, 0) is 6.42 Å². The summed E-state index contributed by atoms with van der Waals surface area (Å²) < 4.78 is 13.0. The van der Waals surface area contributed by atoms with Gasteiger partial charge in [0.05, 0.1) is 24.6 Å². The number of aliphatic hydroxyl groups is 1. The Bertz CT molecular complexity index is 641. The Morgan fingerprint density at radius 2 is 2.28 bits per heavy atom. The zero-order valence-corrected chi connectivity index (χ0v) is 15.2. The Morgan fingerprint density at radius 1 is 1.44 bits per heavy atom. The van der Waals surface area contributed by atoms with Crippen LogP contribution in [0.15, 0.2) is 11.5 Å². The Balaban J connectivity index is 1.50.